The van der Waals surface area contributed by atoms with E-state index in [0.717, 1.165) is 0 Å². The van der Waals surface area contributed by atoms with Crippen LogP contribution < -0.4 is 10.6 Å². The molecule has 0 spiro atoms. The number of amides is 2. The molecule has 2 amide bonds. The molecule has 3 aromatic rings. The molecule has 36 heavy (non-hydrogen) atoms. The number of carbonyl (C=O) groups excluding carboxylic acids is 2. The number of anilines is 1. The molecule has 0 fully saturated rings. The Bertz CT molecular complexity index is 1260. The molecule has 0 aliphatic heterocycles. The van der Waals surface area contributed by atoms with Crippen molar-refractivity contribution in [1.82, 2.24) is 20.1 Å². The van der Waals surface area contributed by atoms with Crippen LogP contribution in [-0.4, -0.2) is 43.4 Å². The number of benzene rings is 2. The molecule has 190 valence electrons. The number of halogens is 2. The van der Waals surface area contributed by atoms with Crippen molar-refractivity contribution >= 4 is 58.4 Å². The molecule has 0 radical (unpaired) electrons. The van der Waals surface area contributed by atoms with Crippen LogP contribution in [0.2, 0.25) is 10.0 Å². The van der Waals surface area contributed by atoms with E-state index in [-0.39, 0.29) is 34.1 Å². The van der Waals surface area contributed by atoms with Crippen molar-refractivity contribution in [3.63, 3.8) is 0 Å². The van der Waals surface area contributed by atoms with Crippen LogP contribution in [0.1, 0.15) is 53.4 Å². The smallest absolute Gasteiger partial charge is 0.335 e. The first kappa shape index (κ1) is 27.5. The SMILES string of the molecule is CCn1c(SCC(=O)Nc2ccc(C(=O)O)cc2)nnc1[C@@H](NC(=O)c1ccc(Cl)cc1Cl)C(C)C. The van der Waals surface area contributed by atoms with Crippen LogP contribution in [0.15, 0.2) is 47.6 Å². The Balaban J connectivity index is 1.70. The van der Waals surface area contributed by atoms with Gasteiger partial charge in [0.05, 0.1) is 27.9 Å². The van der Waals surface area contributed by atoms with E-state index in [2.05, 4.69) is 20.8 Å². The van der Waals surface area contributed by atoms with Crippen LogP contribution in [0.5, 0.6) is 0 Å². The second-order valence-corrected chi connectivity index (χ2v) is 9.91. The van der Waals surface area contributed by atoms with Crippen molar-refractivity contribution in [3.8, 4) is 0 Å². The Hall–Kier alpha value is -3.08. The molecule has 0 saturated heterocycles. The molecule has 0 bridgehead atoms. The van der Waals surface area contributed by atoms with Gasteiger partial charge in [-0.3, -0.25) is 9.59 Å². The Morgan fingerprint density at radius 1 is 1.08 bits per heavy atom. The average Bonchev–Trinajstić information content (AvgIpc) is 3.23. The Morgan fingerprint density at radius 3 is 2.36 bits per heavy atom. The highest BCUT2D eigenvalue weighted by atomic mass is 35.5. The summed E-state index contributed by atoms with van der Waals surface area (Å²) in [5.41, 5.74) is 0.930. The normalized spacial score (nSPS) is 11.8. The number of nitrogens with one attached hydrogen (secondary N) is 2. The van der Waals surface area contributed by atoms with Crippen LogP contribution in [0, 0.1) is 5.92 Å². The van der Waals surface area contributed by atoms with Crippen LogP contribution in [0.3, 0.4) is 0 Å². The quantitative estimate of drug-likeness (QED) is 0.298. The summed E-state index contributed by atoms with van der Waals surface area (Å²) in [5.74, 6) is -1.05. The highest BCUT2D eigenvalue weighted by Gasteiger charge is 2.27. The Kier molecular flexibility index (Phi) is 9.36. The van der Waals surface area contributed by atoms with E-state index in [1.165, 1.54) is 42.1 Å². The monoisotopic (exact) mass is 549 g/mol. The summed E-state index contributed by atoms with van der Waals surface area (Å²) in [6.07, 6.45) is 0. The van der Waals surface area contributed by atoms with E-state index in [0.29, 0.717) is 33.8 Å². The minimum Gasteiger partial charge on any atom is -0.478 e. The summed E-state index contributed by atoms with van der Waals surface area (Å²) >= 11 is 13.4. The minimum atomic E-state index is -1.04. The third kappa shape index (κ3) is 6.77. The summed E-state index contributed by atoms with van der Waals surface area (Å²) < 4.78 is 1.86. The van der Waals surface area contributed by atoms with Crippen molar-refractivity contribution in [2.75, 3.05) is 11.1 Å². The van der Waals surface area contributed by atoms with Gasteiger partial charge in [0.25, 0.3) is 5.91 Å². The lowest BCUT2D eigenvalue weighted by molar-refractivity contribution is -0.113. The maximum Gasteiger partial charge on any atom is 0.335 e. The number of aromatic carboxylic acids is 1. The maximum atomic E-state index is 12.9. The first-order valence-electron chi connectivity index (χ1n) is 11.1. The minimum absolute atomic E-state index is 0.00977. The molecule has 1 aromatic heterocycles. The molecule has 0 unspecified atom stereocenters. The molecular formula is C24H25Cl2N5O4S. The molecule has 2 aromatic carbocycles. The fourth-order valence-corrected chi connectivity index (χ4v) is 4.68. The number of rotatable bonds is 10. The van der Waals surface area contributed by atoms with Gasteiger partial charge in [-0.2, -0.15) is 0 Å². The number of nitrogens with zero attached hydrogens (tertiary/aromatic N) is 3. The fourth-order valence-electron chi connectivity index (χ4n) is 3.38. The number of hydrogen-bond donors (Lipinski definition) is 3. The zero-order chi connectivity index (χ0) is 26.4. The molecule has 3 N–H and O–H groups in total. The van der Waals surface area contributed by atoms with E-state index in [4.69, 9.17) is 28.3 Å². The first-order valence-corrected chi connectivity index (χ1v) is 12.8. The van der Waals surface area contributed by atoms with Crippen LogP contribution in [0.4, 0.5) is 5.69 Å². The van der Waals surface area contributed by atoms with Gasteiger partial charge in [-0.25, -0.2) is 4.79 Å². The highest BCUT2D eigenvalue weighted by Crippen LogP contribution is 2.27. The zero-order valence-corrected chi connectivity index (χ0v) is 22.1. The summed E-state index contributed by atoms with van der Waals surface area (Å²) in [6, 6.07) is 10.1. The Morgan fingerprint density at radius 2 is 1.78 bits per heavy atom. The topological polar surface area (TPSA) is 126 Å². The Labute approximate surface area is 222 Å². The average molecular weight is 550 g/mol. The highest BCUT2D eigenvalue weighted by molar-refractivity contribution is 7.99. The molecule has 1 atom stereocenters. The lowest BCUT2D eigenvalue weighted by atomic mass is 10.0. The number of hydrogen-bond acceptors (Lipinski definition) is 6. The van der Waals surface area contributed by atoms with Gasteiger partial charge < -0.3 is 20.3 Å². The van der Waals surface area contributed by atoms with E-state index in [9.17, 15) is 14.4 Å². The molecule has 0 aliphatic rings. The van der Waals surface area contributed by atoms with Gasteiger partial charge in [0.15, 0.2) is 11.0 Å². The van der Waals surface area contributed by atoms with E-state index < -0.39 is 12.0 Å². The van der Waals surface area contributed by atoms with Crippen molar-refractivity contribution < 1.29 is 19.5 Å². The zero-order valence-electron chi connectivity index (χ0n) is 19.8. The number of carboxylic acid groups (broad SMARTS) is 1. The van der Waals surface area contributed by atoms with Gasteiger partial charge in [-0.1, -0.05) is 48.8 Å². The fraction of sp³-hybridized carbons (Fsp3) is 0.292. The second-order valence-electron chi connectivity index (χ2n) is 8.12. The lowest BCUT2D eigenvalue weighted by Crippen LogP contribution is -2.34. The van der Waals surface area contributed by atoms with Crippen molar-refractivity contribution in [2.24, 2.45) is 5.92 Å². The van der Waals surface area contributed by atoms with Crippen LogP contribution >= 0.6 is 35.0 Å². The molecule has 12 heteroatoms. The van der Waals surface area contributed by atoms with Crippen molar-refractivity contribution in [2.45, 2.75) is 38.5 Å². The summed E-state index contributed by atoms with van der Waals surface area (Å²) in [4.78, 5) is 36.3. The van der Waals surface area contributed by atoms with Crippen molar-refractivity contribution in [1.29, 1.82) is 0 Å². The third-order valence-corrected chi connectivity index (χ3v) is 6.73. The van der Waals surface area contributed by atoms with Gasteiger partial charge >= 0.3 is 5.97 Å². The number of carbonyl (C=O) groups is 3. The second kappa shape index (κ2) is 12.2. The van der Waals surface area contributed by atoms with E-state index in [1.54, 1.807) is 12.1 Å². The molecule has 3 rings (SSSR count). The lowest BCUT2D eigenvalue weighted by Gasteiger charge is -2.22. The molecule has 1 heterocycles. The standard InChI is InChI=1S/C24H25Cl2N5O4S/c1-4-31-21(20(13(2)3)28-22(33)17-10-7-15(25)11-18(17)26)29-30-24(31)36-12-19(32)27-16-8-5-14(6-9-16)23(34)35/h5-11,13,20H,4,12H2,1-3H3,(H,27,32)(H,28,33)(H,34,35)/t20-/m0/s1. The largest absolute Gasteiger partial charge is 0.478 e. The van der Waals surface area contributed by atoms with E-state index >= 15 is 0 Å². The van der Waals surface area contributed by atoms with Gasteiger partial charge in [-0.15, -0.1) is 10.2 Å². The number of carboxylic acids is 1. The van der Waals surface area contributed by atoms with Gasteiger partial charge in [0.2, 0.25) is 5.91 Å². The summed E-state index contributed by atoms with van der Waals surface area (Å²) in [6.45, 7) is 6.37. The van der Waals surface area contributed by atoms with E-state index in [1.807, 2.05) is 25.3 Å². The molecule has 9 nitrogen and oxygen atoms in total. The maximum absolute atomic E-state index is 12.9. The third-order valence-electron chi connectivity index (χ3n) is 5.22. The van der Waals surface area contributed by atoms with Crippen molar-refractivity contribution in [3.05, 3.63) is 69.5 Å². The first-order chi connectivity index (χ1) is 17.1. The summed E-state index contributed by atoms with van der Waals surface area (Å²) in [7, 11) is 0. The van der Waals surface area contributed by atoms with Gasteiger partial charge in [0.1, 0.15) is 0 Å². The molecule has 0 saturated carbocycles. The predicted molar refractivity (Wildman–Crippen MR) is 140 cm³/mol. The van der Waals surface area contributed by atoms with Crippen LogP contribution in [0.25, 0.3) is 0 Å². The van der Waals surface area contributed by atoms with Gasteiger partial charge in [-0.05, 0) is 55.3 Å². The van der Waals surface area contributed by atoms with Crippen LogP contribution in [-0.2, 0) is 11.3 Å². The molecule has 0 aliphatic carbocycles. The predicted octanol–water partition coefficient (Wildman–Crippen LogP) is 5.16. The number of aromatic nitrogens is 3. The summed E-state index contributed by atoms with van der Waals surface area (Å²) in [5, 5.41) is 24.5. The van der Waals surface area contributed by atoms with Gasteiger partial charge in [0, 0.05) is 17.3 Å². The number of thioether (sulfide) groups is 1. The molecular weight excluding hydrogens is 525 g/mol.